The quantitative estimate of drug-likeness (QED) is 0.905. The number of rotatable bonds is 5. The van der Waals surface area contributed by atoms with Crippen LogP contribution in [0.2, 0.25) is 0 Å². The molecule has 0 saturated carbocycles. The van der Waals surface area contributed by atoms with Crippen LogP contribution in [0.5, 0.6) is 0 Å². The summed E-state index contributed by atoms with van der Waals surface area (Å²) in [4.78, 5) is 13.5. The van der Waals surface area contributed by atoms with Crippen LogP contribution < -0.4 is 9.62 Å². The molecule has 1 atom stereocenters. The summed E-state index contributed by atoms with van der Waals surface area (Å²) in [6.45, 7) is 6.03. The van der Waals surface area contributed by atoms with Crippen molar-refractivity contribution in [3.8, 4) is 0 Å². The van der Waals surface area contributed by atoms with Gasteiger partial charge in [0.2, 0.25) is 15.9 Å². The van der Waals surface area contributed by atoms with Crippen molar-refractivity contribution in [2.45, 2.75) is 51.0 Å². The molecule has 5 nitrogen and oxygen atoms in total. The van der Waals surface area contributed by atoms with Crippen molar-refractivity contribution in [1.82, 2.24) is 4.72 Å². The highest BCUT2D eigenvalue weighted by molar-refractivity contribution is 7.89. The van der Waals surface area contributed by atoms with E-state index in [0.717, 1.165) is 24.1 Å². The highest BCUT2D eigenvalue weighted by Crippen LogP contribution is 2.30. The predicted octanol–water partition coefficient (Wildman–Crippen LogP) is 2.06. The van der Waals surface area contributed by atoms with Crippen LogP contribution in [-0.2, 0) is 21.2 Å². The number of anilines is 1. The smallest absolute Gasteiger partial charge is 0.240 e. The molecule has 0 aliphatic carbocycles. The van der Waals surface area contributed by atoms with Crippen LogP contribution in [0.3, 0.4) is 0 Å². The first-order chi connectivity index (χ1) is 9.85. The van der Waals surface area contributed by atoms with Gasteiger partial charge in [0.15, 0.2) is 0 Å². The van der Waals surface area contributed by atoms with Crippen LogP contribution in [0.25, 0.3) is 0 Å². The molecule has 0 radical (unpaired) electrons. The number of carbonyl (C=O) groups excluding carboxylic acids is 1. The second-order valence-corrected chi connectivity index (χ2v) is 7.24. The molecule has 0 spiro atoms. The van der Waals surface area contributed by atoms with Gasteiger partial charge in [0.25, 0.3) is 0 Å². The molecule has 2 rings (SSSR count). The second-order valence-electron chi connectivity index (χ2n) is 5.52. The van der Waals surface area contributed by atoms with Crippen molar-refractivity contribution < 1.29 is 13.2 Å². The molecule has 0 aromatic heterocycles. The van der Waals surface area contributed by atoms with Crippen LogP contribution in [0.4, 0.5) is 5.69 Å². The Bertz CT molecular complexity index is 640. The van der Waals surface area contributed by atoms with Crippen LogP contribution in [0.15, 0.2) is 23.1 Å². The van der Waals surface area contributed by atoms with Crippen molar-refractivity contribution in [1.29, 1.82) is 0 Å². The molecule has 1 heterocycles. The van der Waals surface area contributed by atoms with Crippen molar-refractivity contribution in [2.75, 3.05) is 11.4 Å². The van der Waals surface area contributed by atoms with E-state index in [9.17, 15) is 13.2 Å². The van der Waals surface area contributed by atoms with E-state index in [1.165, 1.54) is 6.92 Å². The van der Waals surface area contributed by atoms with Crippen LogP contribution in [-0.4, -0.2) is 26.9 Å². The predicted molar refractivity (Wildman–Crippen MR) is 82.9 cm³/mol. The zero-order chi connectivity index (χ0) is 15.6. The summed E-state index contributed by atoms with van der Waals surface area (Å²) in [6.07, 6.45) is 2.44. The van der Waals surface area contributed by atoms with E-state index in [2.05, 4.69) is 4.72 Å². The normalized spacial score (nSPS) is 15.9. The molecule has 0 bridgehead atoms. The molecule has 21 heavy (non-hydrogen) atoms. The van der Waals surface area contributed by atoms with Crippen LogP contribution in [0, 0.1) is 0 Å². The molecule has 1 N–H and O–H groups in total. The molecular weight excluding hydrogens is 288 g/mol. The van der Waals surface area contributed by atoms with Crippen molar-refractivity contribution in [3.05, 3.63) is 23.8 Å². The fraction of sp³-hybridized carbons (Fsp3) is 0.533. The topological polar surface area (TPSA) is 66.5 Å². The van der Waals surface area contributed by atoms with Gasteiger partial charge in [-0.1, -0.05) is 13.3 Å². The summed E-state index contributed by atoms with van der Waals surface area (Å²) in [7, 11) is -3.49. The number of sulfonamides is 1. The molecule has 116 valence electrons. The lowest BCUT2D eigenvalue weighted by Gasteiger charge is -2.16. The van der Waals surface area contributed by atoms with Gasteiger partial charge >= 0.3 is 0 Å². The third kappa shape index (κ3) is 3.44. The molecule has 0 fully saturated rings. The number of hydrogen-bond donors (Lipinski definition) is 1. The van der Waals surface area contributed by atoms with Gasteiger partial charge in [-0.15, -0.1) is 0 Å². The van der Waals surface area contributed by atoms with E-state index in [0.29, 0.717) is 13.0 Å². The number of hydrogen-bond acceptors (Lipinski definition) is 3. The zero-order valence-electron chi connectivity index (χ0n) is 12.7. The van der Waals surface area contributed by atoms with E-state index in [-0.39, 0.29) is 16.8 Å². The van der Waals surface area contributed by atoms with Crippen LogP contribution >= 0.6 is 0 Å². The van der Waals surface area contributed by atoms with E-state index in [1.807, 2.05) is 13.8 Å². The third-order valence-corrected chi connectivity index (χ3v) is 5.30. The molecule has 1 aromatic carbocycles. The van der Waals surface area contributed by atoms with Gasteiger partial charge in [0.05, 0.1) is 4.90 Å². The van der Waals surface area contributed by atoms with Crippen molar-refractivity contribution in [3.63, 3.8) is 0 Å². The Labute approximate surface area is 126 Å². The summed E-state index contributed by atoms with van der Waals surface area (Å²) >= 11 is 0. The number of amides is 1. The Morgan fingerprint density at radius 1 is 1.43 bits per heavy atom. The maximum atomic E-state index is 12.3. The fourth-order valence-electron chi connectivity index (χ4n) is 2.70. The van der Waals surface area contributed by atoms with Gasteiger partial charge in [-0.05, 0) is 43.5 Å². The number of carbonyl (C=O) groups is 1. The maximum absolute atomic E-state index is 12.3. The standard InChI is InChI=1S/C15H22N2O3S/c1-4-5-11(2)16-21(19,20)14-6-7-15-13(10-14)8-9-17(15)12(3)18/h6-7,10-11,16H,4-5,8-9H2,1-3H3/t11-/m1/s1. The lowest BCUT2D eigenvalue weighted by atomic mass is 10.2. The first-order valence-electron chi connectivity index (χ1n) is 7.28. The van der Waals surface area contributed by atoms with Gasteiger partial charge in [-0.3, -0.25) is 4.79 Å². The van der Waals surface area contributed by atoms with Gasteiger partial charge in [0.1, 0.15) is 0 Å². The molecule has 6 heteroatoms. The van der Waals surface area contributed by atoms with Gasteiger partial charge in [0, 0.05) is 25.2 Å². The molecule has 1 aromatic rings. The lowest BCUT2D eigenvalue weighted by Crippen LogP contribution is -2.32. The highest BCUT2D eigenvalue weighted by Gasteiger charge is 2.25. The van der Waals surface area contributed by atoms with Crippen molar-refractivity contribution in [2.24, 2.45) is 0 Å². The number of nitrogens with zero attached hydrogens (tertiary/aromatic N) is 1. The summed E-state index contributed by atoms with van der Waals surface area (Å²) in [5.74, 6) is -0.0148. The Morgan fingerprint density at radius 3 is 2.76 bits per heavy atom. The first kappa shape index (κ1) is 16.0. The Morgan fingerprint density at radius 2 is 2.14 bits per heavy atom. The third-order valence-electron chi connectivity index (χ3n) is 3.71. The lowest BCUT2D eigenvalue weighted by molar-refractivity contribution is -0.116. The minimum atomic E-state index is -3.49. The highest BCUT2D eigenvalue weighted by atomic mass is 32.2. The summed E-state index contributed by atoms with van der Waals surface area (Å²) < 4.78 is 27.4. The number of fused-ring (bicyclic) bond motifs is 1. The molecule has 0 unspecified atom stereocenters. The Hall–Kier alpha value is -1.40. The fourth-order valence-corrected chi connectivity index (χ4v) is 4.03. The average molecular weight is 310 g/mol. The molecule has 1 amide bonds. The van der Waals surface area contributed by atoms with Crippen LogP contribution in [0.1, 0.15) is 39.2 Å². The summed E-state index contributed by atoms with van der Waals surface area (Å²) in [5.41, 5.74) is 1.74. The van der Waals surface area contributed by atoms with Gasteiger partial charge < -0.3 is 4.90 Å². The second kappa shape index (κ2) is 6.15. The monoisotopic (exact) mass is 310 g/mol. The maximum Gasteiger partial charge on any atom is 0.240 e. The summed E-state index contributed by atoms with van der Waals surface area (Å²) in [5, 5.41) is 0. The minimum absolute atomic E-state index is 0.0148. The number of benzene rings is 1. The number of nitrogens with one attached hydrogen (secondary N) is 1. The Kier molecular flexibility index (Phi) is 4.68. The van der Waals surface area contributed by atoms with Crippen molar-refractivity contribution >= 4 is 21.6 Å². The average Bonchev–Trinajstić information content (AvgIpc) is 2.81. The minimum Gasteiger partial charge on any atom is -0.312 e. The zero-order valence-corrected chi connectivity index (χ0v) is 13.5. The first-order valence-corrected chi connectivity index (χ1v) is 8.77. The van der Waals surface area contributed by atoms with E-state index in [1.54, 1.807) is 23.1 Å². The van der Waals surface area contributed by atoms with Gasteiger partial charge in [-0.2, -0.15) is 0 Å². The SMILES string of the molecule is CCC[C@@H](C)NS(=O)(=O)c1ccc2c(c1)CCN2C(C)=O. The van der Waals surface area contributed by atoms with E-state index < -0.39 is 10.0 Å². The molecule has 1 aliphatic heterocycles. The Balaban J connectivity index is 2.25. The molecule has 1 aliphatic rings. The summed E-state index contributed by atoms with van der Waals surface area (Å²) in [6, 6.07) is 4.89. The molecule has 0 saturated heterocycles. The largest absolute Gasteiger partial charge is 0.312 e. The van der Waals surface area contributed by atoms with Gasteiger partial charge in [-0.25, -0.2) is 13.1 Å². The van der Waals surface area contributed by atoms with E-state index >= 15 is 0 Å². The molecular formula is C15H22N2O3S. The van der Waals surface area contributed by atoms with E-state index in [4.69, 9.17) is 0 Å².